The van der Waals surface area contributed by atoms with E-state index in [9.17, 15) is 4.79 Å². The summed E-state index contributed by atoms with van der Waals surface area (Å²) in [7, 11) is 2.98. The van der Waals surface area contributed by atoms with Crippen LogP contribution < -0.4 is 10.1 Å². The number of aromatic amines is 1. The molecule has 0 aliphatic heterocycles. The second kappa shape index (κ2) is 5.77. The molecule has 0 saturated carbocycles. The highest BCUT2D eigenvalue weighted by molar-refractivity contribution is 5.94. The molecule has 0 fully saturated rings. The number of nitrogens with one attached hydrogen (secondary N) is 2. The molecule has 2 aromatic carbocycles. The number of carbonyl (C=O) groups excluding carboxylic acids is 1. The molecule has 3 rings (SSSR count). The Morgan fingerprint density at radius 3 is 2.82 bits per heavy atom. The summed E-state index contributed by atoms with van der Waals surface area (Å²) in [6, 6.07) is 12.7. The van der Waals surface area contributed by atoms with E-state index >= 15 is 0 Å². The van der Waals surface area contributed by atoms with E-state index < -0.39 is 0 Å². The molecule has 0 spiro atoms. The van der Waals surface area contributed by atoms with Crippen LogP contribution in [0.1, 0.15) is 10.4 Å². The Kier molecular flexibility index (Phi) is 3.65. The fourth-order valence-corrected chi connectivity index (χ4v) is 2.15. The van der Waals surface area contributed by atoms with E-state index in [1.165, 1.54) is 7.11 Å². The van der Waals surface area contributed by atoms with Gasteiger partial charge in [0.15, 0.2) is 0 Å². The number of imidazole rings is 1. The van der Waals surface area contributed by atoms with Gasteiger partial charge in [-0.1, -0.05) is 6.07 Å². The molecule has 0 unspecified atom stereocenters. The van der Waals surface area contributed by atoms with Gasteiger partial charge in [-0.05, 0) is 30.3 Å². The molecule has 0 radical (unpaired) electrons. The fraction of sp³-hybridized carbons (Fsp3) is 0.125. The predicted molar refractivity (Wildman–Crippen MR) is 83.7 cm³/mol. The first kappa shape index (κ1) is 13.9. The average Bonchev–Trinajstić information content (AvgIpc) is 2.95. The maximum atomic E-state index is 11.5. The zero-order valence-corrected chi connectivity index (χ0v) is 12.2. The lowest BCUT2D eigenvalue weighted by Crippen LogP contribution is -2.00. The van der Waals surface area contributed by atoms with Crippen LogP contribution in [0.4, 0.5) is 11.6 Å². The Morgan fingerprint density at radius 1 is 1.18 bits per heavy atom. The zero-order chi connectivity index (χ0) is 15.5. The molecule has 112 valence electrons. The van der Waals surface area contributed by atoms with Gasteiger partial charge in [-0.2, -0.15) is 0 Å². The minimum Gasteiger partial charge on any atom is -0.497 e. The number of H-pyrrole nitrogens is 1. The van der Waals surface area contributed by atoms with Crippen LogP contribution in [0.15, 0.2) is 42.5 Å². The molecule has 22 heavy (non-hydrogen) atoms. The molecule has 0 atom stereocenters. The van der Waals surface area contributed by atoms with E-state index in [1.807, 2.05) is 24.3 Å². The van der Waals surface area contributed by atoms with E-state index in [0.717, 1.165) is 22.5 Å². The Balaban J connectivity index is 1.89. The number of anilines is 2. The SMILES string of the molecule is COC(=O)c1ccc2nc(Nc3cccc(OC)c3)[nH]c2c1. The molecule has 0 aliphatic carbocycles. The first-order valence-corrected chi connectivity index (χ1v) is 6.69. The predicted octanol–water partition coefficient (Wildman–Crippen LogP) is 3.10. The zero-order valence-electron chi connectivity index (χ0n) is 12.2. The first-order chi connectivity index (χ1) is 10.7. The van der Waals surface area contributed by atoms with Gasteiger partial charge in [0.1, 0.15) is 5.75 Å². The fourth-order valence-electron chi connectivity index (χ4n) is 2.15. The topological polar surface area (TPSA) is 76.2 Å². The summed E-state index contributed by atoms with van der Waals surface area (Å²) in [4.78, 5) is 19.1. The smallest absolute Gasteiger partial charge is 0.337 e. The molecule has 6 nitrogen and oxygen atoms in total. The monoisotopic (exact) mass is 297 g/mol. The maximum absolute atomic E-state index is 11.5. The van der Waals surface area contributed by atoms with Gasteiger partial charge < -0.3 is 19.8 Å². The second-order valence-corrected chi connectivity index (χ2v) is 4.67. The van der Waals surface area contributed by atoms with Crippen molar-refractivity contribution >= 4 is 28.6 Å². The maximum Gasteiger partial charge on any atom is 0.337 e. The summed E-state index contributed by atoms with van der Waals surface area (Å²) in [5.41, 5.74) is 2.85. The van der Waals surface area contributed by atoms with Crippen molar-refractivity contribution in [3.8, 4) is 5.75 Å². The summed E-state index contributed by atoms with van der Waals surface area (Å²) >= 11 is 0. The van der Waals surface area contributed by atoms with Crippen molar-refractivity contribution in [2.24, 2.45) is 0 Å². The summed E-state index contributed by atoms with van der Waals surface area (Å²) in [6.07, 6.45) is 0. The Labute approximate surface area is 127 Å². The van der Waals surface area contributed by atoms with Crippen LogP contribution >= 0.6 is 0 Å². The number of rotatable bonds is 4. The van der Waals surface area contributed by atoms with Crippen LogP contribution in [0.25, 0.3) is 11.0 Å². The minimum absolute atomic E-state index is 0.376. The number of ether oxygens (including phenoxy) is 2. The van der Waals surface area contributed by atoms with Gasteiger partial charge >= 0.3 is 5.97 Å². The second-order valence-electron chi connectivity index (χ2n) is 4.67. The molecule has 0 amide bonds. The van der Waals surface area contributed by atoms with Crippen LogP contribution in [0.5, 0.6) is 5.75 Å². The van der Waals surface area contributed by atoms with Gasteiger partial charge in [0, 0.05) is 11.8 Å². The summed E-state index contributed by atoms with van der Waals surface area (Å²) in [5.74, 6) is 0.971. The van der Waals surface area contributed by atoms with E-state index in [0.29, 0.717) is 11.5 Å². The molecule has 0 aliphatic rings. The molecule has 0 bridgehead atoms. The molecule has 1 aromatic heterocycles. The highest BCUT2D eigenvalue weighted by atomic mass is 16.5. The van der Waals surface area contributed by atoms with Crippen molar-refractivity contribution in [2.75, 3.05) is 19.5 Å². The number of nitrogens with zero attached hydrogens (tertiary/aromatic N) is 1. The van der Waals surface area contributed by atoms with Crippen LogP contribution in [-0.4, -0.2) is 30.2 Å². The average molecular weight is 297 g/mol. The van der Waals surface area contributed by atoms with Crippen molar-refractivity contribution in [1.82, 2.24) is 9.97 Å². The third-order valence-corrected chi connectivity index (χ3v) is 3.24. The third kappa shape index (κ3) is 2.71. The summed E-state index contributed by atoms with van der Waals surface area (Å²) in [6.45, 7) is 0. The number of carbonyl (C=O) groups is 1. The molecular formula is C16H15N3O3. The van der Waals surface area contributed by atoms with Crippen molar-refractivity contribution in [3.05, 3.63) is 48.0 Å². The van der Waals surface area contributed by atoms with Crippen LogP contribution in [-0.2, 0) is 4.74 Å². The number of benzene rings is 2. The number of hydrogen-bond donors (Lipinski definition) is 2. The standard InChI is InChI=1S/C16H15N3O3/c1-21-12-5-3-4-11(9-12)17-16-18-13-7-6-10(15(20)22-2)8-14(13)19-16/h3-9H,1-2H3,(H2,17,18,19). The van der Waals surface area contributed by atoms with Gasteiger partial charge in [-0.3, -0.25) is 0 Å². The lowest BCUT2D eigenvalue weighted by Gasteiger charge is -2.04. The van der Waals surface area contributed by atoms with E-state index in [4.69, 9.17) is 9.47 Å². The minimum atomic E-state index is -0.376. The van der Waals surface area contributed by atoms with Gasteiger partial charge in [0.05, 0.1) is 30.8 Å². The van der Waals surface area contributed by atoms with Crippen molar-refractivity contribution in [1.29, 1.82) is 0 Å². The number of hydrogen-bond acceptors (Lipinski definition) is 5. The van der Waals surface area contributed by atoms with Crippen molar-refractivity contribution in [3.63, 3.8) is 0 Å². The summed E-state index contributed by atoms with van der Waals surface area (Å²) in [5, 5.41) is 3.17. The lowest BCUT2D eigenvalue weighted by atomic mass is 10.2. The Bertz CT molecular complexity index is 826. The quantitative estimate of drug-likeness (QED) is 0.724. The summed E-state index contributed by atoms with van der Waals surface area (Å²) < 4.78 is 9.89. The van der Waals surface area contributed by atoms with Gasteiger partial charge in [0.2, 0.25) is 5.95 Å². The molecule has 6 heteroatoms. The molecule has 2 N–H and O–H groups in total. The van der Waals surface area contributed by atoms with Gasteiger partial charge in [0.25, 0.3) is 0 Å². The van der Waals surface area contributed by atoms with Gasteiger partial charge in [-0.15, -0.1) is 0 Å². The van der Waals surface area contributed by atoms with Gasteiger partial charge in [-0.25, -0.2) is 9.78 Å². The Morgan fingerprint density at radius 2 is 2.05 bits per heavy atom. The number of aromatic nitrogens is 2. The highest BCUT2D eigenvalue weighted by Crippen LogP contribution is 2.22. The number of fused-ring (bicyclic) bond motifs is 1. The van der Waals surface area contributed by atoms with Crippen molar-refractivity contribution < 1.29 is 14.3 Å². The number of esters is 1. The van der Waals surface area contributed by atoms with E-state index in [1.54, 1.807) is 25.3 Å². The molecule has 1 heterocycles. The largest absolute Gasteiger partial charge is 0.497 e. The van der Waals surface area contributed by atoms with Crippen molar-refractivity contribution in [2.45, 2.75) is 0 Å². The normalized spacial score (nSPS) is 10.5. The van der Waals surface area contributed by atoms with Crippen LogP contribution in [0.3, 0.4) is 0 Å². The first-order valence-electron chi connectivity index (χ1n) is 6.69. The van der Waals surface area contributed by atoms with E-state index in [-0.39, 0.29) is 5.97 Å². The molecule has 0 saturated heterocycles. The van der Waals surface area contributed by atoms with Crippen LogP contribution in [0, 0.1) is 0 Å². The molecule has 3 aromatic rings. The molecular weight excluding hydrogens is 282 g/mol. The lowest BCUT2D eigenvalue weighted by molar-refractivity contribution is 0.0601. The van der Waals surface area contributed by atoms with Crippen LogP contribution in [0.2, 0.25) is 0 Å². The number of methoxy groups -OCH3 is 2. The highest BCUT2D eigenvalue weighted by Gasteiger charge is 2.09. The Hall–Kier alpha value is -3.02. The van der Waals surface area contributed by atoms with E-state index in [2.05, 4.69) is 15.3 Å². The third-order valence-electron chi connectivity index (χ3n) is 3.24.